The molecular formula is C28H54N6O6Si2. The monoisotopic (exact) mass is 626 g/mol. The first-order valence-electron chi connectivity index (χ1n) is 15.1. The minimum absolute atomic E-state index is 0.0921. The van der Waals surface area contributed by atoms with Gasteiger partial charge in [-0.05, 0) is 92.4 Å². The minimum Gasteiger partial charge on any atom is -0.395 e. The smallest absolute Gasteiger partial charge is 0.334 e. The largest absolute Gasteiger partial charge is 0.395 e. The Kier molecular flexibility index (Phi) is 19.6. The van der Waals surface area contributed by atoms with Gasteiger partial charge in [-0.25, -0.2) is 0 Å². The Morgan fingerprint density at radius 1 is 0.690 bits per heavy atom. The van der Waals surface area contributed by atoms with Crippen molar-refractivity contribution in [1.82, 2.24) is 10.6 Å². The molecule has 0 rings (SSSR count). The second kappa shape index (κ2) is 20.7. The molecule has 240 valence electrons. The van der Waals surface area contributed by atoms with E-state index >= 15 is 0 Å². The Hall–Kier alpha value is -2.21. The van der Waals surface area contributed by atoms with Gasteiger partial charge in [0.2, 0.25) is 11.8 Å². The fourth-order valence-electron chi connectivity index (χ4n) is 4.24. The molecule has 0 bridgehead atoms. The van der Waals surface area contributed by atoms with Crippen molar-refractivity contribution < 1.29 is 27.3 Å². The Labute approximate surface area is 255 Å². The van der Waals surface area contributed by atoms with E-state index in [9.17, 15) is 20.1 Å². The van der Waals surface area contributed by atoms with Gasteiger partial charge in [0.1, 0.15) is 0 Å². The molecule has 0 aliphatic heterocycles. The lowest BCUT2D eigenvalue weighted by Gasteiger charge is -2.26. The van der Waals surface area contributed by atoms with Crippen LogP contribution in [-0.2, 0) is 27.3 Å². The highest BCUT2D eigenvalue weighted by Crippen LogP contribution is 2.24. The maximum atomic E-state index is 12.4. The molecule has 42 heavy (non-hydrogen) atoms. The van der Waals surface area contributed by atoms with Crippen LogP contribution < -0.4 is 10.6 Å². The van der Waals surface area contributed by atoms with Crippen molar-refractivity contribution in [3.8, 4) is 12.1 Å². The quantitative estimate of drug-likeness (QED) is 0.0869. The Morgan fingerprint density at radius 2 is 1.00 bits per heavy atom. The van der Waals surface area contributed by atoms with Gasteiger partial charge in [-0.15, -0.1) is 0 Å². The van der Waals surface area contributed by atoms with E-state index in [2.05, 4.69) is 33.0 Å². The van der Waals surface area contributed by atoms with E-state index in [1.807, 2.05) is 40.8 Å². The number of nitrogens with one attached hydrogen (secondary N) is 2. The van der Waals surface area contributed by atoms with Crippen LogP contribution in [0.15, 0.2) is 10.2 Å². The number of rotatable bonds is 24. The molecule has 0 radical (unpaired) electrons. The highest BCUT2D eigenvalue weighted by Gasteiger charge is 2.32. The standard InChI is InChI=1S/C28H54N6O6Si2/c1-9-37-41(7,38-10-2)21-13-19-31-25(35)15-17-27(5,23-29)33-34-28(6,24-30)18-16-26(36)32-20-14-22-42(8,39-11-3)40-12-4/h9-22H2,1-8H3,(H,31,35)(H,32,36). The van der Waals surface area contributed by atoms with Gasteiger partial charge in [0.25, 0.3) is 0 Å². The summed E-state index contributed by atoms with van der Waals surface area (Å²) in [7, 11) is -4.45. The lowest BCUT2D eigenvalue weighted by atomic mass is 9.97. The zero-order valence-corrected chi connectivity index (χ0v) is 29.1. The van der Waals surface area contributed by atoms with Crippen molar-refractivity contribution in [2.75, 3.05) is 39.5 Å². The molecule has 2 N–H and O–H groups in total. The predicted octanol–water partition coefficient (Wildman–Crippen LogP) is 4.87. The highest BCUT2D eigenvalue weighted by molar-refractivity contribution is 6.66. The first-order chi connectivity index (χ1) is 19.8. The fourth-order valence-corrected chi connectivity index (χ4v) is 9.06. The first-order valence-corrected chi connectivity index (χ1v) is 20.2. The number of hydrogen-bond acceptors (Lipinski definition) is 10. The van der Waals surface area contributed by atoms with E-state index < -0.39 is 28.2 Å². The van der Waals surface area contributed by atoms with Gasteiger partial charge in [0.05, 0.1) is 12.1 Å². The number of azo groups is 1. The van der Waals surface area contributed by atoms with Gasteiger partial charge in [-0.2, -0.15) is 20.8 Å². The van der Waals surface area contributed by atoms with Crippen LogP contribution in [0.4, 0.5) is 0 Å². The van der Waals surface area contributed by atoms with Crippen LogP contribution in [0.25, 0.3) is 0 Å². The molecular weight excluding hydrogens is 573 g/mol. The Morgan fingerprint density at radius 3 is 1.26 bits per heavy atom. The van der Waals surface area contributed by atoms with Crippen molar-refractivity contribution >= 4 is 28.9 Å². The van der Waals surface area contributed by atoms with Crippen molar-refractivity contribution in [2.45, 2.75) is 116 Å². The zero-order valence-electron chi connectivity index (χ0n) is 27.1. The molecule has 0 heterocycles. The molecule has 0 aromatic heterocycles. The molecule has 0 fully saturated rings. The van der Waals surface area contributed by atoms with Crippen LogP contribution >= 0.6 is 0 Å². The third-order valence-corrected chi connectivity index (χ3v) is 12.8. The summed E-state index contributed by atoms with van der Waals surface area (Å²) in [6.45, 7) is 18.3. The van der Waals surface area contributed by atoms with E-state index in [0.717, 1.165) is 24.9 Å². The van der Waals surface area contributed by atoms with Crippen molar-refractivity contribution in [3.05, 3.63) is 0 Å². The van der Waals surface area contributed by atoms with E-state index in [1.165, 1.54) is 0 Å². The molecule has 12 nitrogen and oxygen atoms in total. The number of hydrogen-bond donors (Lipinski definition) is 2. The summed E-state index contributed by atoms with van der Waals surface area (Å²) >= 11 is 0. The van der Waals surface area contributed by atoms with Crippen LogP contribution in [0.3, 0.4) is 0 Å². The first kappa shape index (κ1) is 39.8. The lowest BCUT2D eigenvalue weighted by molar-refractivity contribution is -0.122. The Balaban J connectivity index is 4.71. The van der Waals surface area contributed by atoms with Gasteiger partial charge >= 0.3 is 17.1 Å². The topological polar surface area (TPSA) is 167 Å². The predicted molar refractivity (Wildman–Crippen MR) is 166 cm³/mol. The Bertz CT molecular complexity index is 844. The second-order valence-electron chi connectivity index (χ2n) is 10.9. The summed E-state index contributed by atoms with van der Waals surface area (Å²) in [6, 6.07) is 5.74. The maximum Gasteiger partial charge on any atom is 0.334 e. The zero-order chi connectivity index (χ0) is 32.1. The highest BCUT2D eigenvalue weighted by atomic mass is 28.4. The molecule has 0 spiro atoms. The summed E-state index contributed by atoms with van der Waals surface area (Å²) in [5.74, 6) is -0.374. The molecule has 14 heteroatoms. The SMILES string of the molecule is CCO[Si](C)(CCCNC(=O)CCC(C)(C#N)N=NC(C)(C#N)CCC(=O)NCCC[Si](C)(OCC)OCC)OCC. The number of carbonyl (C=O) groups is 2. The number of amides is 2. The molecule has 0 aromatic rings. The molecule has 0 aliphatic rings. The third kappa shape index (κ3) is 17.0. The van der Waals surface area contributed by atoms with Crippen molar-refractivity contribution in [2.24, 2.45) is 10.2 Å². The average Bonchev–Trinajstić information content (AvgIpc) is 2.95. The van der Waals surface area contributed by atoms with Crippen LogP contribution in [0, 0.1) is 22.7 Å². The number of carbonyl (C=O) groups excluding carboxylic acids is 2. The van der Waals surface area contributed by atoms with E-state index in [-0.39, 0.29) is 37.5 Å². The molecule has 0 aliphatic carbocycles. The van der Waals surface area contributed by atoms with E-state index in [1.54, 1.807) is 13.8 Å². The maximum absolute atomic E-state index is 12.4. The molecule has 0 saturated carbocycles. The normalized spacial score (nSPS) is 14.9. The van der Waals surface area contributed by atoms with Crippen molar-refractivity contribution in [1.29, 1.82) is 10.5 Å². The number of nitrogens with zero attached hydrogens (tertiary/aromatic N) is 4. The summed E-state index contributed by atoms with van der Waals surface area (Å²) in [4.78, 5) is 24.8. The summed E-state index contributed by atoms with van der Waals surface area (Å²) < 4.78 is 23.3. The molecule has 2 unspecified atom stereocenters. The van der Waals surface area contributed by atoms with Gasteiger partial charge in [-0.1, -0.05) is 0 Å². The summed E-state index contributed by atoms with van der Waals surface area (Å²) in [5.41, 5.74) is -2.55. The van der Waals surface area contributed by atoms with E-state index in [4.69, 9.17) is 17.7 Å². The molecule has 0 aromatic carbocycles. The van der Waals surface area contributed by atoms with Crippen LogP contribution in [-0.4, -0.2) is 79.5 Å². The average molecular weight is 627 g/mol. The van der Waals surface area contributed by atoms with Crippen LogP contribution in [0.1, 0.15) is 80.1 Å². The van der Waals surface area contributed by atoms with Gasteiger partial charge in [-0.3, -0.25) is 9.59 Å². The van der Waals surface area contributed by atoms with Crippen LogP contribution in [0.2, 0.25) is 25.2 Å². The summed E-state index contributed by atoms with van der Waals surface area (Å²) in [5, 5.41) is 33.5. The van der Waals surface area contributed by atoms with Crippen molar-refractivity contribution in [3.63, 3.8) is 0 Å². The minimum atomic E-state index is -2.22. The van der Waals surface area contributed by atoms with Crippen LogP contribution in [0.5, 0.6) is 0 Å². The van der Waals surface area contributed by atoms with Gasteiger partial charge in [0.15, 0.2) is 11.1 Å². The number of nitriles is 2. The molecule has 0 saturated heterocycles. The van der Waals surface area contributed by atoms with E-state index in [0.29, 0.717) is 39.5 Å². The lowest BCUT2D eigenvalue weighted by Crippen LogP contribution is -2.39. The fraction of sp³-hybridized carbons (Fsp3) is 0.857. The molecule has 2 amide bonds. The molecule has 2 atom stereocenters. The third-order valence-electron chi connectivity index (χ3n) is 6.71. The van der Waals surface area contributed by atoms with Gasteiger partial charge in [0, 0.05) is 52.4 Å². The second-order valence-corrected chi connectivity index (χ2v) is 17.6. The summed E-state index contributed by atoms with van der Waals surface area (Å²) in [6.07, 6.45) is 1.95. The van der Waals surface area contributed by atoms with Gasteiger partial charge < -0.3 is 28.3 Å².